The second kappa shape index (κ2) is 6.34. The van der Waals surface area contributed by atoms with Crippen LogP contribution in [0.4, 0.5) is 19.4 Å². The molecule has 146 valence electrons. The Morgan fingerprint density at radius 3 is 1.93 bits per heavy atom. The van der Waals surface area contributed by atoms with E-state index < -0.39 is 39.4 Å². The number of ether oxygens (including phenoxy) is 2. The minimum Gasteiger partial charge on any atom is -0.450 e. The van der Waals surface area contributed by atoms with Crippen molar-refractivity contribution in [1.82, 2.24) is 0 Å². The molecule has 0 amide bonds. The van der Waals surface area contributed by atoms with E-state index in [0.717, 1.165) is 0 Å². The number of rotatable bonds is 6. The monoisotopic (exact) mass is 410 g/mol. The molecule has 0 saturated carbocycles. The number of halogens is 5. The van der Waals surface area contributed by atoms with Crippen LogP contribution in [0.25, 0.3) is 0 Å². The van der Waals surface area contributed by atoms with E-state index in [4.69, 9.17) is 0 Å². The smallest absolute Gasteiger partial charge is 0.349 e. The summed E-state index contributed by atoms with van der Waals surface area (Å²) in [5, 5.41) is 0. The zero-order valence-electron chi connectivity index (χ0n) is 13.2. The summed E-state index contributed by atoms with van der Waals surface area (Å²) in [6, 6.07) is 6.54. The number of hydrogen-bond donors (Lipinski definition) is 0. The first-order valence-electron chi connectivity index (χ1n) is 7.06. The van der Waals surface area contributed by atoms with Gasteiger partial charge >= 0.3 is 22.2 Å². The van der Waals surface area contributed by atoms with E-state index in [0.29, 0.717) is 24.0 Å². The van der Waals surface area contributed by atoms with Gasteiger partial charge in [0.2, 0.25) is 0 Å². The molecule has 0 fully saturated rings. The van der Waals surface area contributed by atoms with Crippen molar-refractivity contribution in [2.24, 2.45) is 0 Å². The summed E-state index contributed by atoms with van der Waals surface area (Å²) >= 11 is 0. The summed E-state index contributed by atoms with van der Waals surface area (Å²) in [5.74, 6) is -2.47. The van der Waals surface area contributed by atoms with Crippen LogP contribution in [-0.2, 0) is 9.53 Å². The highest BCUT2D eigenvalue weighted by atomic mass is 32.5. The lowest BCUT2D eigenvalue weighted by molar-refractivity contribution is -0.137. The van der Waals surface area contributed by atoms with Crippen LogP contribution in [-0.4, -0.2) is 24.8 Å². The predicted molar refractivity (Wildman–Crippen MR) is 85.6 cm³/mol. The first kappa shape index (κ1) is 20.4. The third-order valence-corrected chi connectivity index (χ3v) is 4.27. The van der Waals surface area contributed by atoms with Crippen molar-refractivity contribution < 1.29 is 43.3 Å². The minimum atomic E-state index is -9.81. The first-order valence-corrected chi connectivity index (χ1v) is 9.01. The Morgan fingerprint density at radius 2 is 1.44 bits per heavy atom. The molecule has 2 aromatic rings. The molecule has 27 heavy (non-hydrogen) atoms. The lowest BCUT2D eigenvalue weighted by atomic mass is 10.1. The Morgan fingerprint density at radius 1 is 0.889 bits per heavy atom. The maximum Gasteiger partial charge on any atom is 0.349 e. The highest BCUT2D eigenvalue weighted by Crippen LogP contribution is 3.02. The summed E-state index contributed by atoms with van der Waals surface area (Å²) in [7, 11) is -9.81. The van der Waals surface area contributed by atoms with Gasteiger partial charge < -0.3 is 9.47 Å². The van der Waals surface area contributed by atoms with Crippen LogP contribution in [0, 0.1) is 0 Å². The zero-order chi connectivity index (χ0) is 20.4. The fourth-order valence-corrected chi connectivity index (χ4v) is 2.48. The van der Waals surface area contributed by atoms with Crippen molar-refractivity contribution >= 4 is 28.4 Å². The average Bonchev–Trinajstić information content (AvgIpc) is 2.58. The van der Waals surface area contributed by atoms with Gasteiger partial charge in [-0.1, -0.05) is 31.6 Å². The molecule has 2 aromatic carbocycles. The number of hydrogen-bond acceptors (Lipinski definition) is 5. The van der Waals surface area contributed by atoms with Gasteiger partial charge in [-0.25, -0.2) is 9.59 Å². The Bertz CT molecular complexity index is 877. The normalized spacial score (nSPS) is 13.8. The number of carbonyl (C=O) groups excluding carboxylic acids is 3. The molecular weight excluding hydrogens is 399 g/mol. The van der Waals surface area contributed by atoms with Crippen LogP contribution in [0.5, 0.6) is 5.75 Å². The van der Waals surface area contributed by atoms with E-state index in [2.05, 4.69) is 9.47 Å². The lowest BCUT2D eigenvalue weighted by Crippen LogP contribution is -2.19. The van der Waals surface area contributed by atoms with Gasteiger partial charge in [0.25, 0.3) is 0 Å². The van der Waals surface area contributed by atoms with Gasteiger partial charge in [0.05, 0.1) is 5.56 Å². The number of benzene rings is 2. The SMILES string of the molecule is O=Cc1ccc(C(=O)OCC(=O)Oc2ccc(S(F)(F)(F)(F)F)cc2)cc1. The van der Waals surface area contributed by atoms with Crippen molar-refractivity contribution in [3.63, 3.8) is 0 Å². The summed E-state index contributed by atoms with van der Waals surface area (Å²) in [6.07, 6.45) is 0.564. The molecule has 0 saturated heterocycles. The van der Waals surface area contributed by atoms with Gasteiger partial charge in [0.15, 0.2) is 6.61 Å². The molecule has 0 aromatic heterocycles. The lowest BCUT2D eigenvalue weighted by Gasteiger charge is -2.40. The Kier molecular flexibility index (Phi) is 4.78. The molecule has 0 aliphatic heterocycles. The van der Waals surface area contributed by atoms with Crippen LogP contribution < -0.4 is 4.74 Å². The average molecular weight is 410 g/mol. The minimum absolute atomic E-state index is 0.0497. The fraction of sp³-hybridized carbons (Fsp3) is 0.0625. The second-order valence-corrected chi connectivity index (χ2v) is 7.64. The first-order chi connectivity index (χ1) is 12.3. The quantitative estimate of drug-likeness (QED) is 0.293. The standard InChI is InChI=1S/C16H11F5O5S/c17-27(18,19,20,21)14-7-5-13(6-8-14)26-15(23)10-25-16(24)12-3-1-11(9-22)2-4-12/h1-9H,10H2. The molecule has 0 aliphatic carbocycles. The van der Waals surface area contributed by atoms with E-state index in [1.165, 1.54) is 24.3 Å². The van der Waals surface area contributed by atoms with E-state index in [1.807, 2.05) is 0 Å². The molecule has 0 bridgehead atoms. The molecule has 0 atom stereocenters. The van der Waals surface area contributed by atoms with Crippen LogP contribution in [0.2, 0.25) is 0 Å². The summed E-state index contributed by atoms with van der Waals surface area (Å²) in [4.78, 5) is 31.6. The maximum atomic E-state index is 12.6. The van der Waals surface area contributed by atoms with E-state index in [-0.39, 0.29) is 17.7 Å². The number of carbonyl (C=O) groups is 3. The second-order valence-electron chi connectivity index (χ2n) is 5.23. The molecule has 5 nitrogen and oxygen atoms in total. The van der Waals surface area contributed by atoms with Gasteiger partial charge in [-0.3, -0.25) is 4.79 Å². The van der Waals surface area contributed by atoms with E-state index in [9.17, 15) is 33.8 Å². The highest BCUT2D eigenvalue weighted by Gasteiger charge is 2.65. The fourth-order valence-electron chi connectivity index (χ4n) is 1.83. The van der Waals surface area contributed by atoms with Crippen LogP contribution in [0.15, 0.2) is 53.4 Å². The van der Waals surface area contributed by atoms with Crippen LogP contribution in [0.1, 0.15) is 20.7 Å². The van der Waals surface area contributed by atoms with Crippen molar-refractivity contribution in [1.29, 1.82) is 0 Å². The predicted octanol–water partition coefficient (Wildman–Crippen LogP) is 4.92. The molecule has 0 heterocycles. The Balaban J connectivity index is 1.94. The van der Waals surface area contributed by atoms with Crippen LogP contribution >= 0.6 is 10.2 Å². The van der Waals surface area contributed by atoms with Crippen molar-refractivity contribution in [3.8, 4) is 5.75 Å². The van der Waals surface area contributed by atoms with Gasteiger partial charge in [-0.2, -0.15) is 0 Å². The van der Waals surface area contributed by atoms with Crippen molar-refractivity contribution in [2.45, 2.75) is 4.90 Å². The Hall–Kier alpha value is -2.95. The molecule has 0 radical (unpaired) electrons. The van der Waals surface area contributed by atoms with Gasteiger partial charge in [-0.15, -0.1) is 0 Å². The van der Waals surface area contributed by atoms with Crippen molar-refractivity contribution in [3.05, 3.63) is 59.7 Å². The summed E-state index contributed by atoms with van der Waals surface area (Å²) < 4.78 is 72.1. The van der Waals surface area contributed by atoms with E-state index in [1.54, 1.807) is 0 Å². The highest BCUT2D eigenvalue weighted by molar-refractivity contribution is 8.45. The zero-order valence-corrected chi connectivity index (χ0v) is 14.1. The van der Waals surface area contributed by atoms with Gasteiger partial charge in [0, 0.05) is 5.56 Å². The largest absolute Gasteiger partial charge is 0.450 e. The van der Waals surface area contributed by atoms with E-state index >= 15 is 0 Å². The molecular formula is C16H11F5O5S. The molecule has 0 N–H and O–H groups in total. The topological polar surface area (TPSA) is 69.7 Å². The molecule has 11 heteroatoms. The molecule has 0 unspecified atom stereocenters. The summed E-state index contributed by atoms with van der Waals surface area (Å²) in [5.41, 5.74) is 0.370. The third-order valence-electron chi connectivity index (χ3n) is 3.10. The molecule has 0 spiro atoms. The Labute approximate surface area is 149 Å². The van der Waals surface area contributed by atoms with Gasteiger partial charge in [0.1, 0.15) is 16.9 Å². The summed E-state index contributed by atoms with van der Waals surface area (Å²) in [6.45, 7) is -0.864. The maximum absolute atomic E-state index is 12.6. The molecule has 0 aliphatic rings. The van der Waals surface area contributed by atoms with Crippen LogP contribution in [0.3, 0.4) is 0 Å². The third kappa shape index (κ3) is 5.78. The van der Waals surface area contributed by atoms with Gasteiger partial charge in [-0.05, 0) is 36.4 Å². The number of esters is 2. The van der Waals surface area contributed by atoms with Crippen molar-refractivity contribution in [2.75, 3.05) is 6.61 Å². The molecule has 2 rings (SSSR count). The number of aldehydes is 1.